The van der Waals surface area contributed by atoms with Crippen molar-refractivity contribution in [3.63, 3.8) is 0 Å². The van der Waals surface area contributed by atoms with Crippen LogP contribution in [0.15, 0.2) is 46.9 Å². The summed E-state index contributed by atoms with van der Waals surface area (Å²) in [6, 6.07) is 12.6. The van der Waals surface area contributed by atoms with E-state index in [2.05, 4.69) is 26.6 Å². The van der Waals surface area contributed by atoms with Crippen molar-refractivity contribution in [2.24, 2.45) is 0 Å². The molecule has 1 amide bonds. The van der Waals surface area contributed by atoms with Crippen molar-refractivity contribution in [3.05, 3.63) is 52.5 Å². The zero-order chi connectivity index (χ0) is 21.5. The second-order valence-electron chi connectivity index (χ2n) is 7.19. The molecule has 0 spiro atoms. The SMILES string of the molecule is CC(C)Oc1ccc(C(=O)NC(=S)Nc2ccc(OCC3CCCO3)cc2)cc1Br. The van der Waals surface area contributed by atoms with Gasteiger partial charge in [0.15, 0.2) is 5.11 Å². The fourth-order valence-electron chi connectivity index (χ4n) is 2.93. The normalized spacial score (nSPS) is 15.7. The molecule has 1 atom stereocenters. The summed E-state index contributed by atoms with van der Waals surface area (Å²) in [6.07, 6.45) is 2.35. The third kappa shape index (κ3) is 6.68. The van der Waals surface area contributed by atoms with Gasteiger partial charge in [-0.25, -0.2) is 0 Å². The van der Waals surface area contributed by atoms with Gasteiger partial charge in [-0.2, -0.15) is 0 Å². The number of halogens is 1. The van der Waals surface area contributed by atoms with E-state index in [1.807, 2.05) is 38.1 Å². The van der Waals surface area contributed by atoms with E-state index in [1.54, 1.807) is 18.2 Å². The van der Waals surface area contributed by atoms with Gasteiger partial charge in [-0.15, -0.1) is 0 Å². The molecule has 1 heterocycles. The zero-order valence-electron chi connectivity index (χ0n) is 16.9. The fraction of sp³-hybridized carbons (Fsp3) is 0.364. The summed E-state index contributed by atoms with van der Waals surface area (Å²) in [4.78, 5) is 12.5. The summed E-state index contributed by atoms with van der Waals surface area (Å²) >= 11 is 8.69. The molecule has 2 aromatic carbocycles. The topological polar surface area (TPSA) is 68.8 Å². The third-order valence-corrected chi connectivity index (χ3v) is 5.18. The third-order valence-electron chi connectivity index (χ3n) is 4.36. The maximum Gasteiger partial charge on any atom is 0.257 e. The van der Waals surface area contributed by atoms with Crippen LogP contribution in [0.3, 0.4) is 0 Å². The highest BCUT2D eigenvalue weighted by atomic mass is 79.9. The minimum absolute atomic E-state index is 0.0468. The molecule has 8 heteroatoms. The van der Waals surface area contributed by atoms with Crippen molar-refractivity contribution in [3.8, 4) is 11.5 Å². The molecular weight excluding hydrogens is 468 g/mol. The average Bonchev–Trinajstić information content (AvgIpc) is 3.22. The Bertz CT molecular complexity index is 883. The molecule has 2 N–H and O–H groups in total. The van der Waals surface area contributed by atoms with Crippen molar-refractivity contribution < 1.29 is 19.0 Å². The highest BCUT2D eigenvalue weighted by Crippen LogP contribution is 2.27. The van der Waals surface area contributed by atoms with Crippen molar-refractivity contribution in [1.29, 1.82) is 0 Å². The lowest BCUT2D eigenvalue weighted by Crippen LogP contribution is -2.34. The van der Waals surface area contributed by atoms with E-state index in [4.69, 9.17) is 26.4 Å². The van der Waals surface area contributed by atoms with E-state index in [1.165, 1.54) is 0 Å². The predicted molar refractivity (Wildman–Crippen MR) is 125 cm³/mol. The number of hydrogen-bond acceptors (Lipinski definition) is 5. The van der Waals surface area contributed by atoms with E-state index in [0.29, 0.717) is 22.4 Å². The predicted octanol–water partition coefficient (Wildman–Crippen LogP) is 4.92. The van der Waals surface area contributed by atoms with Crippen LogP contribution in [-0.2, 0) is 4.74 Å². The molecule has 0 aromatic heterocycles. The number of carbonyl (C=O) groups is 1. The number of thiocarbonyl (C=S) groups is 1. The molecule has 1 aliphatic rings. The fourth-order valence-corrected chi connectivity index (χ4v) is 3.61. The molecule has 1 unspecified atom stereocenters. The minimum atomic E-state index is -0.305. The molecule has 6 nitrogen and oxygen atoms in total. The van der Waals surface area contributed by atoms with Gasteiger partial charge in [0.25, 0.3) is 5.91 Å². The molecule has 2 aromatic rings. The van der Waals surface area contributed by atoms with E-state index < -0.39 is 0 Å². The van der Waals surface area contributed by atoms with Gasteiger partial charge >= 0.3 is 0 Å². The summed E-state index contributed by atoms with van der Waals surface area (Å²) in [5.74, 6) is 1.14. The quantitative estimate of drug-likeness (QED) is 0.534. The monoisotopic (exact) mass is 492 g/mol. The Hall–Kier alpha value is -2.16. The Morgan fingerprint density at radius 1 is 1.27 bits per heavy atom. The Morgan fingerprint density at radius 3 is 2.67 bits per heavy atom. The number of carbonyl (C=O) groups excluding carboxylic acids is 1. The van der Waals surface area contributed by atoms with Crippen LogP contribution in [0, 0.1) is 0 Å². The smallest absolute Gasteiger partial charge is 0.257 e. The van der Waals surface area contributed by atoms with Gasteiger partial charge in [-0.05, 0) is 97.3 Å². The van der Waals surface area contributed by atoms with Crippen LogP contribution in [0.5, 0.6) is 11.5 Å². The van der Waals surface area contributed by atoms with Crippen LogP contribution < -0.4 is 20.1 Å². The summed E-state index contributed by atoms with van der Waals surface area (Å²) in [7, 11) is 0. The Kier molecular flexibility index (Phi) is 8.07. The van der Waals surface area contributed by atoms with Gasteiger partial charge in [0.2, 0.25) is 0 Å². The molecule has 0 saturated carbocycles. The summed E-state index contributed by atoms with van der Waals surface area (Å²) in [5.41, 5.74) is 1.23. The second kappa shape index (κ2) is 10.7. The molecule has 3 rings (SSSR count). The molecule has 0 radical (unpaired) electrons. The molecule has 1 aliphatic heterocycles. The largest absolute Gasteiger partial charge is 0.491 e. The van der Waals surface area contributed by atoms with Crippen molar-refractivity contribution in [2.45, 2.75) is 38.9 Å². The first-order chi connectivity index (χ1) is 14.4. The number of anilines is 1. The van der Waals surface area contributed by atoms with Crippen LogP contribution in [0.2, 0.25) is 0 Å². The maximum absolute atomic E-state index is 12.5. The lowest BCUT2D eigenvalue weighted by molar-refractivity contribution is 0.0679. The molecule has 160 valence electrons. The second-order valence-corrected chi connectivity index (χ2v) is 8.45. The highest BCUT2D eigenvalue weighted by Gasteiger charge is 2.16. The van der Waals surface area contributed by atoms with Crippen LogP contribution in [0.25, 0.3) is 0 Å². The number of ether oxygens (including phenoxy) is 3. The molecular formula is C22H25BrN2O4S. The molecule has 0 bridgehead atoms. The van der Waals surface area contributed by atoms with Gasteiger partial charge in [-0.3, -0.25) is 10.1 Å². The summed E-state index contributed by atoms with van der Waals surface area (Å²) in [6.45, 7) is 5.25. The Morgan fingerprint density at radius 2 is 2.03 bits per heavy atom. The number of rotatable bonds is 7. The first-order valence-electron chi connectivity index (χ1n) is 9.83. The Balaban J connectivity index is 1.49. The lowest BCUT2D eigenvalue weighted by Gasteiger charge is -2.14. The van der Waals surface area contributed by atoms with Gasteiger partial charge in [0.1, 0.15) is 18.1 Å². The van der Waals surface area contributed by atoms with Crippen molar-refractivity contribution >= 4 is 44.9 Å². The van der Waals surface area contributed by atoms with Crippen molar-refractivity contribution in [2.75, 3.05) is 18.5 Å². The number of nitrogens with one attached hydrogen (secondary N) is 2. The number of amides is 1. The van der Waals surface area contributed by atoms with E-state index in [-0.39, 0.29) is 23.2 Å². The van der Waals surface area contributed by atoms with Crippen LogP contribution in [-0.4, -0.2) is 36.4 Å². The van der Waals surface area contributed by atoms with Crippen LogP contribution >= 0.6 is 28.1 Å². The minimum Gasteiger partial charge on any atom is -0.491 e. The van der Waals surface area contributed by atoms with Crippen LogP contribution in [0.1, 0.15) is 37.0 Å². The standard InChI is InChI=1S/C22H25BrN2O4S/c1-14(2)29-20-10-5-15(12-19(20)23)21(26)25-22(30)24-16-6-8-17(9-7-16)28-13-18-4-3-11-27-18/h5-10,12,14,18H,3-4,11,13H2,1-2H3,(H2,24,25,26,30). The first kappa shape index (κ1) is 22.5. The molecule has 0 aliphatic carbocycles. The van der Waals surface area contributed by atoms with Gasteiger partial charge in [0, 0.05) is 17.9 Å². The zero-order valence-corrected chi connectivity index (χ0v) is 19.3. The maximum atomic E-state index is 12.5. The molecule has 1 saturated heterocycles. The van der Waals surface area contributed by atoms with Gasteiger partial charge < -0.3 is 19.5 Å². The van der Waals surface area contributed by atoms with Crippen molar-refractivity contribution in [1.82, 2.24) is 5.32 Å². The van der Waals surface area contributed by atoms with Gasteiger partial charge in [0.05, 0.1) is 16.7 Å². The molecule has 30 heavy (non-hydrogen) atoms. The van der Waals surface area contributed by atoms with Crippen LogP contribution in [0.4, 0.5) is 5.69 Å². The first-order valence-corrected chi connectivity index (χ1v) is 11.0. The molecule has 1 fully saturated rings. The highest BCUT2D eigenvalue weighted by molar-refractivity contribution is 9.10. The van der Waals surface area contributed by atoms with Gasteiger partial charge in [-0.1, -0.05) is 0 Å². The van der Waals surface area contributed by atoms with E-state index in [9.17, 15) is 4.79 Å². The summed E-state index contributed by atoms with van der Waals surface area (Å²) < 4.78 is 17.7. The Labute approximate surface area is 190 Å². The average molecular weight is 493 g/mol. The number of hydrogen-bond donors (Lipinski definition) is 2. The summed E-state index contributed by atoms with van der Waals surface area (Å²) in [5, 5.41) is 5.90. The number of benzene rings is 2. The lowest BCUT2D eigenvalue weighted by atomic mass is 10.2. The van der Waals surface area contributed by atoms with E-state index in [0.717, 1.165) is 30.9 Å². The van der Waals surface area contributed by atoms with E-state index >= 15 is 0 Å².